The third kappa shape index (κ3) is 2.04. The summed E-state index contributed by atoms with van der Waals surface area (Å²) < 4.78 is 5.18. The van der Waals surface area contributed by atoms with Crippen molar-refractivity contribution in [3.05, 3.63) is 34.1 Å². The summed E-state index contributed by atoms with van der Waals surface area (Å²) in [4.78, 5) is 21.6. The van der Waals surface area contributed by atoms with Crippen molar-refractivity contribution in [3.8, 4) is 0 Å². The van der Waals surface area contributed by atoms with Gasteiger partial charge in [0, 0.05) is 11.5 Å². The summed E-state index contributed by atoms with van der Waals surface area (Å²) in [7, 11) is 0. The molecule has 0 bridgehead atoms. The van der Waals surface area contributed by atoms with Crippen molar-refractivity contribution in [1.29, 1.82) is 0 Å². The van der Waals surface area contributed by atoms with Gasteiger partial charge in [0.1, 0.15) is 5.58 Å². The fourth-order valence-corrected chi connectivity index (χ4v) is 2.48. The van der Waals surface area contributed by atoms with E-state index in [0.717, 1.165) is 0 Å². The van der Waals surface area contributed by atoms with Crippen LogP contribution in [0.4, 0.5) is 5.69 Å². The molecule has 1 aromatic carbocycles. The topological polar surface area (TPSA) is 93.6 Å². The number of hydrogen-bond donors (Lipinski definition) is 1. The van der Waals surface area contributed by atoms with E-state index in [9.17, 15) is 14.9 Å². The Hall–Kier alpha value is -2.02. The first kappa shape index (κ1) is 12.4. The number of benzene rings is 1. The molecule has 0 atom stereocenters. The highest BCUT2D eigenvalue weighted by atomic mass is 32.2. The number of furan rings is 1. The van der Waals surface area contributed by atoms with Gasteiger partial charge in [-0.3, -0.25) is 10.1 Å². The molecule has 2 rings (SSSR count). The van der Waals surface area contributed by atoms with Gasteiger partial charge in [0.25, 0.3) is 5.69 Å². The van der Waals surface area contributed by atoms with Gasteiger partial charge in [0.2, 0.25) is 5.76 Å². The van der Waals surface area contributed by atoms with Crippen molar-refractivity contribution in [2.75, 3.05) is 5.75 Å². The Kier molecular flexibility index (Phi) is 3.24. The van der Waals surface area contributed by atoms with E-state index in [1.54, 1.807) is 0 Å². The Labute approximate surface area is 106 Å². The molecular weight excluding hydrogens is 258 g/mol. The van der Waals surface area contributed by atoms with Crippen LogP contribution in [0.5, 0.6) is 0 Å². The summed E-state index contributed by atoms with van der Waals surface area (Å²) in [5.74, 6) is -0.659. The summed E-state index contributed by atoms with van der Waals surface area (Å²) in [6.45, 7) is 1.89. The van der Waals surface area contributed by atoms with Crippen molar-refractivity contribution in [2.24, 2.45) is 0 Å². The highest BCUT2D eigenvalue weighted by Gasteiger charge is 2.21. The number of rotatable bonds is 4. The van der Waals surface area contributed by atoms with Crippen LogP contribution < -0.4 is 0 Å². The summed E-state index contributed by atoms with van der Waals surface area (Å²) in [6.07, 6.45) is 0. The number of carboxylic acid groups (broad SMARTS) is 1. The molecule has 0 radical (unpaired) electrons. The molecular formula is C11H9NO5S. The van der Waals surface area contributed by atoms with E-state index >= 15 is 0 Å². The Balaban J connectivity index is 2.67. The molecule has 0 aliphatic carbocycles. The van der Waals surface area contributed by atoms with E-state index in [1.165, 1.54) is 30.0 Å². The van der Waals surface area contributed by atoms with E-state index in [2.05, 4.69) is 0 Å². The van der Waals surface area contributed by atoms with Crippen molar-refractivity contribution in [3.63, 3.8) is 0 Å². The molecule has 0 unspecified atom stereocenters. The quantitative estimate of drug-likeness (QED) is 0.519. The molecule has 0 aliphatic rings. The standard InChI is InChI=1S/C11H9NO5S/c1-2-18-10-7-4-3-6(12(15)16)5-8(7)17-9(10)11(13)14/h3-5H,2H2,1H3,(H,13,14). The van der Waals surface area contributed by atoms with E-state index in [0.29, 0.717) is 16.0 Å². The number of hydrogen-bond acceptors (Lipinski definition) is 5. The Bertz CT molecular complexity index is 634. The molecule has 6 nitrogen and oxygen atoms in total. The number of fused-ring (bicyclic) bond motifs is 1. The molecule has 0 saturated heterocycles. The lowest BCUT2D eigenvalue weighted by molar-refractivity contribution is -0.384. The van der Waals surface area contributed by atoms with Crippen LogP contribution in [0.3, 0.4) is 0 Å². The lowest BCUT2D eigenvalue weighted by atomic mass is 10.2. The van der Waals surface area contributed by atoms with Crippen LogP contribution in [0.1, 0.15) is 17.5 Å². The largest absolute Gasteiger partial charge is 0.475 e. The number of nitro benzene ring substituents is 1. The first-order valence-corrected chi connectivity index (χ1v) is 6.10. The molecule has 18 heavy (non-hydrogen) atoms. The minimum absolute atomic E-state index is 0.124. The van der Waals surface area contributed by atoms with Crippen LogP contribution in [0.2, 0.25) is 0 Å². The van der Waals surface area contributed by atoms with Gasteiger partial charge >= 0.3 is 5.97 Å². The van der Waals surface area contributed by atoms with Crippen molar-refractivity contribution in [1.82, 2.24) is 0 Å². The predicted octanol–water partition coefficient (Wildman–Crippen LogP) is 3.15. The number of carbonyl (C=O) groups is 1. The average Bonchev–Trinajstić information content (AvgIpc) is 2.68. The van der Waals surface area contributed by atoms with Crippen molar-refractivity contribution >= 4 is 34.4 Å². The second-order valence-corrected chi connectivity index (χ2v) is 4.71. The number of carboxylic acids is 1. The van der Waals surface area contributed by atoms with Crippen LogP contribution in [0, 0.1) is 10.1 Å². The smallest absolute Gasteiger partial charge is 0.373 e. The fourth-order valence-electron chi connectivity index (χ4n) is 1.60. The van der Waals surface area contributed by atoms with Crippen LogP contribution in [0.25, 0.3) is 11.0 Å². The highest BCUT2D eigenvalue weighted by molar-refractivity contribution is 7.99. The third-order valence-corrected chi connectivity index (χ3v) is 3.30. The Morgan fingerprint density at radius 1 is 1.56 bits per heavy atom. The highest BCUT2D eigenvalue weighted by Crippen LogP contribution is 2.35. The normalized spacial score (nSPS) is 10.7. The van der Waals surface area contributed by atoms with Gasteiger partial charge in [0.05, 0.1) is 15.9 Å². The van der Waals surface area contributed by atoms with Crippen LogP contribution in [-0.2, 0) is 0 Å². The number of thioether (sulfide) groups is 1. The van der Waals surface area contributed by atoms with E-state index in [4.69, 9.17) is 9.52 Å². The predicted molar refractivity (Wildman–Crippen MR) is 66.2 cm³/mol. The minimum atomic E-state index is -1.18. The van der Waals surface area contributed by atoms with Gasteiger partial charge in [-0.05, 0) is 11.8 Å². The van der Waals surface area contributed by atoms with Crippen LogP contribution in [-0.4, -0.2) is 21.8 Å². The maximum absolute atomic E-state index is 11.0. The molecule has 1 N–H and O–H groups in total. The lowest BCUT2D eigenvalue weighted by Crippen LogP contribution is -1.95. The van der Waals surface area contributed by atoms with E-state index in [-0.39, 0.29) is 17.0 Å². The van der Waals surface area contributed by atoms with Gasteiger partial charge in [0.15, 0.2) is 0 Å². The summed E-state index contributed by atoms with van der Waals surface area (Å²) in [5.41, 5.74) is 0.0961. The van der Waals surface area contributed by atoms with Crippen LogP contribution in [0.15, 0.2) is 27.5 Å². The van der Waals surface area contributed by atoms with E-state index < -0.39 is 10.9 Å². The number of nitrogens with zero attached hydrogens (tertiary/aromatic N) is 1. The third-order valence-electron chi connectivity index (χ3n) is 2.32. The van der Waals surface area contributed by atoms with Crippen LogP contribution >= 0.6 is 11.8 Å². The Morgan fingerprint density at radius 2 is 2.28 bits per heavy atom. The van der Waals surface area contributed by atoms with Gasteiger partial charge in [-0.1, -0.05) is 6.92 Å². The van der Waals surface area contributed by atoms with Gasteiger partial charge in [-0.2, -0.15) is 0 Å². The molecule has 1 heterocycles. The van der Waals surface area contributed by atoms with Gasteiger partial charge in [-0.25, -0.2) is 4.79 Å². The van der Waals surface area contributed by atoms with E-state index in [1.807, 2.05) is 6.92 Å². The fraction of sp³-hybridized carbons (Fsp3) is 0.182. The molecule has 0 amide bonds. The zero-order valence-corrected chi connectivity index (χ0v) is 10.2. The summed E-state index contributed by atoms with van der Waals surface area (Å²) in [6, 6.07) is 4.09. The number of nitro groups is 1. The summed E-state index contributed by atoms with van der Waals surface area (Å²) in [5, 5.41) is 20.3. The second kappa shape index (κ2) is 4.69. The minimum Gasteiger partial charge on any atom is -0.475 e. The molecule has 1 aromatic heterocycles. The number of aromatic carboxylic acids is 1. The SMILES string of the molecule is CCSc1c(C(=O)O)oc2cc([N+](=O)[O-])ccc12. The average molecular weight is 267 g/mol. The van der Waals surface area contributed by atoms with Gasteiger partial charge < -0.3 is 9.52 Å². The maximum Gasteiger partial charge on any atom is 0.373 e. The molecule has 0 aliphatic heterocycles. The van der Waals surface area contributed by atoms with Crippen molar-refractivity contribution < 1.29 is 19.2 Å². The maximum atomic E-state index is 11.0. The molecule has 0 saturated carbocycles. The Morgan fingerprint density at radius 3 is 2.83 bits per heavy atom. The lowest BCUT2D eigenvalue weighted by Gasteiger charge is -1.96. The monoisotopic (exact) mass is 267 g/mol. The molecule has 0 fully saturated rings. The summed E-state index contributed by atoms with van der Waals surface area (Å²) >= 11 is 1.34. The molecule has 7 heteroatoms. The molecule has 2 aromatic rings. The second-order valence-electron chi connectivity index (χ2n) is 3.44. The molecule has 94 valence electrons. The first-order chi connectivity index (χ1) is 8.54. The zero-order chi connectivity index (χ0) is 13.3. The number of non-ortho nitro benzene ring substituents is 1. The van der Waals surface area contributed by atoms with Crippen molar-refractivity contribution in [2.45, 2.75) is 11.8 Å². The first-order valence-electron chi connectivity index (χ1n) is 5.11. The zero-order valence-electron chi connectivity index (χ0n) is 9.37. The molecule has 0 spiro atoms. The van der Waals surface area contributed by atoms with Gasteiger partial charge in [-0.15, -0.1) is 11.8 Å².